The standard InChI is InChI=1S/C24H36N4O6/c1-2-21(30)27-16-17-28(22(31)18-27)23-13-11-19(34-23)10-12-20(29)25-14-8-6-4-3-5-7-9-15-26-24(32)33/h2,11,13,26H,1,3-10,12,14-18H2,(H,25,29)(H,32,33). The van der Waals surface area contributed by atoms with Crippen molar-refractivity contribution in [2.45, 2.75) is 57.8 Å². The van der Waals surface area contributed by atoms with Crippen molar-refractivity contribution in [2.24, 2.45) is 0 Å². The van der Waals surface area contributed by atoms with Gasteiger partial charge in [0.15, 0.2) is 0 Å². The van der Waals surface area contributed by atoms with Crippen LogP contribution in [0.2, 0.25) is 0 Å². The van der Waals surface area contributed by atoms with Gasteiger partial charge >= 0.3 is 6.09 Å². The van der Waals surface area contributed by atoms with E-state index < -0.39 is 6.09 Å². The molecule has 1 fully saturated rings. The van der Waals surface area contributed by atoms with Crippen molar-refractivity contribution < 1.29 is 28.7 Å². The third-order valence-electron chi connectivity index (χ3n) is 5.67. The van der Waals surface area contributed by atoms with Crippen LogP contribution in [0.15, 0.2) is 29.2 Å². The number of nitrogens with zero attached hydrogens (tertiary/aromatic N) is 2. The third-order valence-corrected chi connectivity index (χ3v) is 5.67. The summed E-state index contributed by atoms with van der Waals surface area (Å²) in [5, 5.41) is 13.8. The summed E-state index contributed by atoms with van der Waals surface area (Å²) in [5.74, 6) is 0.569. The summed E-state index contributed by atoms with van der Waals surface area (Å²) in [7, 11) is 0. The predicted molar refractivity (Wildman–Crippen MR) is 128 cm³/mol. The maximum Gasteiger partial charge on any atom is 0.404 e. The van der Waals surface area contributed by atoms with E-state index in [9.17, 15) is 19.2 Å². The van der Waals surface area contributed by atoms with Crippen LogP contribution < -0.4 is 15.5 Å². The first kappa shape index (κ1) is 26.9. The van der Waals surface area contributed by atoms with E-state index in [2.05, 4.69) is 17.2 Å². The summed E-state index contributed by atoms with van der Waals surface area (Å²) in [6, 6.07) is 3.49. The lowest BCUT2D eigenvalue weighted by molar-refractivity contribution is -0.133. The average Bonchev–Trinajstić information content (AvgIpc) is 3.29. The van der Waals surface area contributed by atoms with Crippen LogP contribution in [0.25, 0.3) is 0 Å². The Morgan fingerprint density at radius 2 is 1.65 bits per heavy atom. The highest BCUT2D eigenvalue weighted by Crippen LogP contribution is 2.22. The van der Waals surface area contributed by atoms with E-state index >= 15 is 0 Å². The number of aryl methyl sites for hydroxylation is 1. The lowest BCUT2D eigenvalue weighted by Crippen LogP contribution is -2.52. The van der Waals surface area contributed by atoms with Gasteiger partial charge in [0.2, 0.25) is 23.6 Å². The molecule has 1 aliphatic rings. The molecular formula is C24H36N4O6. The van der Waals surface area contributed by atoms with Crippen LogP contribution in [-0.4, -0.2) is 66.5 Å². The molecule has 0 bridgehead atoms. The number of unbranched alkanes of at least 4 members (excludes halogenated alkanes) is 6. The Labute approximate surface area is 200 Å². The molecule has 2 rings (SSSR count). The quantitative estimate of drug-likeness (QED) is 0.263. The summed E-state index contributed by atoms with van der Waals surface area (Å²) < 4.78 is 5.75. The molecule has 0 saturated carbocycles. The Morgan fingerprint density at radius 1 is 1.00 bits per heavy atom. The molecule has 2 heterocycles. The molecule has 1 saturated heterocycles. The number of hydrogen-bond donors (Lipinski definition) is 3. The van der Waals surface area contributed by atoms with Crippen molar-refractivity contribution in [3.8, 4) is 0 Å². The highest BCUT2D eigenvalue weighted by atomic mass is 16.4. The SMILES string of the molecule is C=CC(=O)N1CCN(c2ccc(CCC(=O)NCCCCCCCCCNC(=O)O)o2)C(=O)C1. The molecule has 3 N–H and O–H groups in total. The van der Waals surface area contributed by atoms with Crippen LogP contribution in [0.1, 0.15) is 57.1 Å². The van der Waals surface area contributed by atoms with Crippen LogP contribution in [-0.2, 0) is 20.8 Å². The van der Waals surface area contributed by atoms with E-state index in [1.807, 2.05) is 0 Å². The maximum atomic E-state index is 12.3. The molecule has 1 aromatic rings. The minimum absolute atomic E-state index is 0.00638. The van der Waals surface area contributed by atoms with E-state index in [1.165, 1.54) is 15.9 Å². The number of hydrogen-bond acceptors (Lipinski definition) is 5. The molecule has 0 atom stereocenters. The van der Waals surface area contributed by atoms with Crippen molar-refractivity contribution in [1.29, 1.82) is 0 Å². The van der Waals surface area contributed by atoms with Gasteiger partial charge in [0.25, 0.3) is 0 Å². The predicted octanol–water partition coefficient (Wildman–Crippen LogP) is 2.69. The largest absolute Gasteiger partial charge is 0.465 e. The first-order chi connectivity index (χ1) is 16.4. The Hall–Kier alpha value is -3.30. The van der Waals surface area contributed by atoms with Gasteiger partial charge < -0.3 is 25.1 Å². The molecule has 0 aromatic carbocycles. The maximum absolute atomic E-state index is 12.3. The van der Waals surface area contributed by atoms with E-state index in [-0.39, 0.29) is 24.3 Å². The zero-order chi connectivity index (χ0) is 24.8. The number of furan rings is 1. The Morgan fingerprint density at radius 3 is 2.26 bits per heavy atom. The van der Waals surface area contributed by atoms with Crippen molar-refractivity contribution in [3.05, 3.63) is 30.5 Å². The smallest absolute Gasteiger partial charge is 0.404 e. The second-order valence-corrected chi connectivity index (χ2v) is 8.31. The van der Waals surface area contributed by atoms with Gasteiger partial charge in [-0.25, -0.2) is 4.79 Å². The summed E-state index contributed by atoms with van der Waals surface area (Å²) in [6.07, 6.45) is 8.16. The van der Waals surface area contributed by atoms with Crippen LogP contribution in [0, 0.1) is 0 Å². The molecule has 0 aliphatic carbocycles. The van der Waals surface area contributed by atoms with E-state index in [0.717, 1.165) is 44.9 Å². The molecule has 188 valence electrons. The zero-order valence-electron chi connectivity index (χ0n) is 19.7. The van der Waals surface area contributed by atoms with Crippen molar-refractivity contribution >= 4 is 29.7 Å². The second-order valence-electron chi connectivity index (χ2n) is 8.31. The Kier molecular flexibility index (Phi) is 11.7. The van der Waals surface area contributed by atoms with E-state index in [0.29, 0.717) is 50.7 Å². The lowest BCUT2D eigenvalue weighted by Gasteiger charge is -2.32. The average molecular weight is 477 g/mol. The fourth-order valence-corrected chi connectivity index (χ4v) is 3.75. The molecular weight excluding hydrogens is 440 g/mol. The number of carboxylic acid groups (broad SMARTS) is 1. The fraction of sp³-hybridized carbons (Fsp3) is 0.583. The molecule has 0 radical (unpaired) electrons. The van der Waals surface area contributed by atoms with Gasteiger partial charge in [0.1, 0.15) is 12.3 Å². The second kappa shape index (κ2) is 14.8. The van der Waals surface area contributed by atoms with Crippen molar-refractivity contribution in [1.82, 2.24) is 15.5 Å². The van der Waals surface area contributed by atoms with Gasteiger partial charge in [0.05, 0.1) is 0 Å². The molecule has 0 unspecified atom stereocenters. The molecule has 0 spiro atoms. The first-order valence-electron chi connectivity index (χ1n) is 11.9. The molecule has 10 heteroatoms. The minimum atomic E-state index is -0.971. The summed E-state index contributed by atoms with van der Waals surface area (Å²) in [4.78, 5) is 49.4. The third kappa shape index (κ3) is 9.68. The van der Waals surface area contributed by atoms with Gasteiger partial charge in [-0.1, -0.05) is 38.7 Å². The van der Waals surface area contributed by atoms with Crippen LogP contribution in [0.5, 0.6) is 0 Å². The van der Waals surface area contributed by atoms with E-state index in [4.69, 9.17) is 9.52 Å². The lowest BCUT2D eigenvalue weighted by atomic mass is 10.1. The van der Waals surface area contributed by atoms with Gasteiger partial charge in [-0.05, 0) is 25.0 Å². The summed E-state index contributed by atoms with van der Waals surface area (Å²) >= 11 is 0. The van der Waals surface area contributed by atoms with Gasteiger partial charge in [0, 0.05) is 45.1 Å². The number of anilines is 1. The van der Waals surface area contributed by atoms with Crippen LogP contribution in [0.3, 0.4) is 0 Å². The molecule has 4 amide bonds. The highest BCUT2D eigenvalue weighted by Gasteiger charge is 2.28. The zero-order valence-corrected chi connectivity index (χ0v) is 19.7. The number of rotatable bonds is 15. The number of piperazine rings is 1. The van der Waals surface area contributed by atoms with Gasteiger partial charge in [-0.15, -0.1) is 0 Å². The van der Waals surface area contributed by atoms with Crippen LogP contribution >= 0.6 is 0 Å². The number of carbonyl (C=O) groups is 4. The number of amides is 4. The van der Waals surface area contributed by atoms with E-state index in [1.54, 1.807) is 12.1 Å². The highest BCUT2D eigenvalue weighted by molar-refractivity contribution is 5.98. The molecule has 1 aromatic heterocycles. The number of carbonyl (C=O) groups excluding carboxylic acids is 3. The first-order valence-corrected chi connectivity index (χ1v) is 11.9. The minimum Gasteiger partial charge on any atom is -0.465 e. The molecule has 1 aliphatic heterocycles. The summed E-state index contributed by atoms with van der Waals surface area (Å²) in [6.45, 7) is 5.36. The Balaban J connectivity index is 1.53. The van der Waals surface area contributed by atoms with Crippen molar-refractivity contribution in [2.75, 3.05) is 37.6 Å². The molecule has 10 nitrogen and oxygen atoms in total. The summed E-state index contributed by atoms with van der Waals surface area (Å²) in [5.41, 5.74) is 0. The number of nitrogens with one attached hydrogen (secondary N) is 2. The Bertz CT molecular complexity index is 837. The molecule has 34 heavy (non-hydrogen) atoms. The monoisotopic (exact) mass is 476 g/mol. The normalized spacial score (nSPS) is 13.6. The fourth-order valence-electron chi connectivity index (χ4n) is 3.75. The van der Waals surface area contributed by atoms with Gasteiger partial charge in [-0.2, -0.15) is 0 Å². The van der Waals surface area contributed by atoms with Gasteiger partial charge in [-0.3, -0.25) is 19.3 Å². The topological polar surface area (TPSA) is 132 Å². The van der Waals surface area contributed by atoms with Crippen LogP contribution in [0.4, 0.5) is 10.7 Å². The van der Waals surface area contributed by atoms with Crippen molar-refractivity contribution in [3.63, 3.8) is 0 Å².